The van der Waals surface area contributed by atoms with E-state index in [1.807, 2.05) is 58.9 Å². The van der Waals surface area contributed by atoms with Gasteiger partial charge in [-0.15, -0.1) is 0 Å². The van der Waals surface area contributed by atoms with Crippen molar-refractivity contribution in [3.63, 3.8) is 0 Å². The van der Waals surface area contributed by atoms with Crippen LogP contribution < -0.4 is 28.7 Å². The number of likely N-dealkylation sites (N-methyl/N-ethyl adjacent to an activating group) is 1. The summed E-state index contributed by atoms with van der Waals surface area (Å²) in [5.41, 5.74) is 9.14. The zero-order chi connectivity index (χ0) is 47.4. The van der Waals surface area contributed by atoms with Crippen LogP contribution in [0.25, 0.3) is 11.1 Å². The van der Waals surface area contributed by atoms with Gasteiger partial charge in [-0.1, -0.05) is 49.9 Å². The van der Waals surface area contributed by atoms with Gasteiger partial charge in [0.05, 0.1) is 61.0 Å². The first-order valence-corrected chi connectivity index (χ1v) is 25.8. The molecule has 364 valence electrons. The van der Waals surface area contributed by atoms with Crippen LogP contribution in [0.2, 0.25) is 0 Å². The van der Waals surface area contributed by atoms with Crippen LogP contribution in [-0.4, -0.2) is 124 Å². The molecule has 0 saturated carbocycles. The number of piperidine rings is 1. The first-order valence-electron chi connectivity index (χ1n) is 25.8. The van der Waals surface area contributed by atoms with Crippen LogP contribution in [-0.2, 0) is 0 Å². The Balaban J connectivity index is 0.768. The summed E-state index contributed by atoms with van der Waals surface area (Å²) in [6.07, 6.45) is 19.5. The number of aliphatic imine (C=N–C) groups is 2. The molecule has 7 aliphatic rings. The average molecular weight is 944 g/mol. The predicted molar refractivity (Wildman–Crippen MR) is 277 cm³/mol. The van der Waals surface area contributed by atoms with Crippen LogP contribution in [0.15, 0.2) is 95.2 Å². The summed E-state index contributed by atoms with van der Waals surface area (Å²) >= 11 is 0. The van der Waals surface area contributed by atoms with Crippen molar-refractivity contribution < 1.29 is 28.5 Å². The fourth-order valence-electron chi connectivity index (χ4n) is 10.7. The topological polar surface area (TPSA) is 112 Å². The van der Waals surface area contributed by atoms with Gasteiger partial charge in [0.2, 0.25) is 0 Å². The molecule has 2 atom stereocenters. The number of rotatable bonds is 4. The Bertz CT molecular complexity index is 2680. The third-order valence-electron chi connectivity index (χ3n) is 14.9. The van der Waals surface area contributed by atoms with Crippen LogP contribution in [0.3, 0.4) is 0 Å². The Morgan fingerprint density at radius 1 is 0.457 bits per heavy atom. The molecule has 0 aliphatic carbocycles. The first-order chi connectivity index (χ1) is 34.4. The van der Waals surface area contributed by atoms with Gasteiger partial charge in [-0.25, -0.2) is 0 Å². The summed E-state index contributed by atoms with van der Waals surface area (Å²) in [7, 11) is 2.17. The van der Waals surface area contributed by atoms with E-state index in [1.165, 1.54) is 30.6 Å². The van der Waals surface area contributed by atoms with E-state index in [0.29, 0.717) is 91.2 Å². The van der Waals surface area contributed by atoms with E-state index in [4.69, 9.17) is 28.9 Å². The highest BCUT2D eigenvalue weighted by molar-refractivity contribution is 6.06. The smallest absolute Gasteiger partial charge is 0.260 e. The number of piperazine rings is 1. The highest BCUT2D eigenvalue weighted by Crippen LogP contribution is 2.43. The number of hydrogen-bond acceptors (Lipinski definition) is 11. The molecule has 0 aromatic heterocycles. The third-order valence-corrected chi connectivity index (χ3v) is 14.9. The van der Waals surface area contributed by atoms with Crippen LogP contribution in [0.1, 0.15) is 109 Å². The second-order valence-corrected chi connectivity index (χ2v) is 19.8. The number of fused-ring (bicyclic) bond motifs is 6. The van der Waals surface area contributed by atoms with E-state index in [1.54, 1.807) is 0 Å². The van der Waals surface area contributed by atoms with E-state index in [-0.39, 0.29) is 23.9 Å². The van der Waals surface area contributed by atoms with E-state index in [2.05, 4.69) is 70.3 Å². The molecule has 4 aromatic carbocycles. The van der Waals surface area contributed by atoms with Crippen LogP contribution in [0, 0.1) is 0 Å². The molecule has 7 aliphatic heterocycles. The molecule has 13 heteroatoms. The highest BCUT2D eigenvalue weighted by atomic mass is 16.5. The maximum atomic E-state index is 14.3. The van der Waals surface area contributed by atoms with Crippen molar-refractivity contribution in [2.75, 3.05) is 82.5 Å². The lowest BCUT2D eigenvalue weighted by Crippen LogP contribution is -2.44. The molecule has 2 fully saturated rings. The van der Waals surface area contributed by atoms with Crippen LogP contribution in [0.4, 0.5) is 22.7 Å². The largest absolute Gasteiger partial charge is 0.490 e. The molecule has 4 aromatic rings. The minimum Gasteiger partial charge on any atom is -0.490 e. The van der Waals surface area contributed by atoms with E-state index in [9.17, 15) is 9.59 Å². The number of carbonyl (C=O) groups excluding carboxylic acids is 2. The average Bonchev–Trinajstić information content (AvgIpc) is 3.98. The van der Waals surface area contributed by atoms with Crippen molar-refractivity contribution in [1.29, 1.82) is 0 Å². The Kier molecular flexibility index (Phi) is 13.6. The Hall–Kier alpha value is -6.60. The van der Waals surface area contributed by atoms with E-state index >= 15 is 0 Å². The molecule has 0 spiro atoms. The lowest BCUT2D eigenvalue weighted by molar-refractivity contribution is 0.0809. The lowest BCUT2D eigenvalue weighted by Gasteiger charge is -2.34. The van der Waals surface area contributed by atoms with E-state index in [0.717, 1.165) is 100 Å². The van der Waals surface area contributed by atoms with Gasteiger partial charge in [0.1, 0.15) is 0 Å². The molecule has 2 saturated heterocycles. The normalized spacial score (nSPS) is 22.4. The van der Waals surface area contributed by atoms with Crippen molar-refractivity contribution in [2.45, 2.75) is 89.1 Å². The molecule has 0 unspecified atom stereocenters. The second kappa shape index (κ2) is 20.8. The quantitative estimate of drug-likeness (QED) is 0.197. The van der Waals surface area contributed by atoms with Crippen LogP contribution >= 0.6 is 0 Å². The fraction of sp³-hybridized carbons (Fsp3) is 0.439. The minimum absolute atomic E-state index is 0.0957. The van der Waals surface area contributed by atoms with E-state index < -0.39 is 0 Å². The van der Waals surface area contributed by atoms with Crippen LogP contribution in [0.5, 0.6) is 23.0 Å². The van der Waals surface area contributed by atoms with Crippen molar-refractivity contribution >= 4 is 58.1 Å². The Morgan fingerprint density at radius 3 is 1.33 bits per heavy atom. The van der Waals surface area contributed by atoms with Crippen molar-refractivity contribution in [2.24, 2.45) is 9.98 Å². The number of nitrogens with zero attached hydrogens (tertiary/aromatic N) is 7. The molecule has 2 amide bonds. The van der Waals surface area contributed by atoms with Gasteiger partial charge in [0, 0.05) is 107 Å². The summed E-state index contributed by atoms with van der Waals surface area (Å²) in [5, 5.41) is 0. The van der Waals surface area contributed by atoms with Gasteiger partial charge < -0.3 is 43.4 Å². The molecule has 13 nitrogen and oxygen atoms in total. The molecule has 0 N–H and O–H groups in total. The van der Waals surface area contributed by atoms with Gasteiger partial charge in [0.15, 0.2) is 23.0 Å². The number of amides is 2. The van der Waals surface area contributed by atoms with Gasteiger partial charge >= 0.3 is 0 Å². The number of anilines is 2. The van der Waals surface area contributed by atoms with Crippen molar-refractivity contribution in [3.05, 3.63) is 107 Å². The highest BCUT2D eigenvalue weighted by Gasteiger charge is 2.35. The summed E-state index contributed by atoms with van der Waals surface area (Å²) in [4.78, 5) is 49.3. The fourth-order valence-corrected chi connectivity index (χ4v) is 10.7. The Morgan fingerprint density at radius 2 is 0.857 bits per heavy atom. The Labute approximate surface area is 412 Å². The summed E-state index contributed by atoms with van der Waals surface area (Å²) < 4.78 is 25.6. The zero-order valence-corrected chi connectivity index (χ0v) is 40.5. The molecular weight excluding hydrogens is 879 g/mol. The first kappa shape index (κ1) is 45.8. The van der Waals surface area contributed by atoms with Gasteiger partial charge in [-0.2, -0.15) is 0 Å². The summed E-state index contributed by atoms with van der Waals surface area (Å²) in [6.45, 7) is 8.09. The van der Waals surface area contributed by atoms with Gasteiger partial charge in [-0.3, -0.25) is 19.6 Å². The second-order valence-electron chi connectivity index (χ2n) is 19.8. The number of benzene rings is 4. The molecule has 70 heavy (non-hydrogen) atoms. The third kappa shape index (κ3) is 9.90. The number of hydrogen-bond donors (Lipinski definition) is 0. The van der Waals surface area contributed by atoms with Gasteiger partial charge in [0.25, 0.3) is 11.8 Å². The van der Waals surface area contributed by atoms with Crippen molar-refractivity contribution in [1.82, 2.24) is 14.7 Å². The number of carbonyl (C=O) groups is 2. The molecule has 0 bridgehead atoms. The SMILES string of the molecule is CN1CCN(c2ccc(C3=CN4C(=O)c5cc6c(cc5N=C[C@@H]4C3)OCCCOc3cc4c(cc3OCCCCCCCCO6)C(=O)N3C=C(c5ccc(N6CCCCC6)cc5)C[C@H]3C=N4)cc2)CC1. The summed E-state index contributed by atoms with van der Waals surface area (Å²) in [6, 6.07) is 24.5. The lowest BCUT2D eigenvalue weighted by atomic mass is 10.0. The van der Waals surface area contributed by atoms with Crippen molar-refractivity contribution in [3.8, 4) is 23.0 Å². The zero-order valence-electron chi connectivity index (χ0n) is 40.5. The molecular formula is C57H65N7O6. The maximum absolute atomic E-state index is 14.3. The molecule has 7 heterocycles. The predicted octanol–water partition coefficient (Wildman–Crippen LogP) is 10.3. The monoisotopic (exact) mass is 943 g/mol. The summed E-state index contributed by atoms with van der Waals surface area (Å²) in [5.74, 6) is 1.99. The number of ether oxygens (including phenoxy) is 4. The van der Waals surface area contributed by atoms with Gasteiger partial charge in [-0.05, 0) is 97.8 Å². The molecule has 0 radical (unpaired) electrons. The minimum atomic E-state index is -0.185. The standard InChI is InChI=1S/C57H65N7O6/c1-60-22-24-62(25-23-60)45-18-14-41(15-19-45)43-31-47-37-59-51-35-55-53(33-49(51)57(66)64(47)39-43)68-27-10-5-3-2-4-9-26-67-52-32-48-50(34-54(52)69-28-11-29-70-55)58-36-46-30-42(38-63(46)56(48)65)40-12-16-44(17-13-40)61-20-7-6-8-21-61/h12-19,32-39,46-47H,2-11,20-31H2,1H3/t46-,47-/m0/s1. The molecule has 11 rings (SSSR count). The maximum Gasteiger partial charge on any atom is 0.260 e.